The van der Waals surface area contributed by atoms with Crippen molar-refractivity contribution in [1.82, 2.24) is 0 Å². The molecule has 0 saturated carbocycles. The predicted octanol–water partition coefficient (Wildman–Crippen LogP) is 8.22. The van der Waals surface area contributed by atoms with Crippen molar-refractivity contribution in [3.63, 3.8) is 0 Å². The van der Waals surface area contributed by atoms with E-state index in [0.29, 0.717) is 12.8 Å². The molecular formula is C43H76O12S. The number of ether oxygens (including phenoxy) is 4. The van der Waals surface area contributed by atoms with E-state index >= 15 is 0 Å². The molecule has 1 fully saturated rings. The van der Waals surface area contributed by atoms with E-state index in [4.69, 9.17) is 18.9 Å². The second-order valence-corrected chi connectivity index (χ2v) is 16.5. The molecule has 0 aromatic heterocycles. The highest BCUT2D eigenvalue weighted by molar-refractivity contribution is 7.85. The Balaban J connectivity index is 2.48. The van der Waals surface area contributed by atoms with Crippen molar-refractivity contribution in [3.8, 4) is 0 Å². The number of hydrogen-bond acceptors (Lipinski definition) is 11. The van der Waals surface area contributed by atoms with Gasteiger partial charge in [-0.25, -0.2) is 0 Å². The standard InChI is InChI=1S/C43H76O12S/c1-3-5-7-9-11-13-15-17-18-20-21-23-25-27-29-31-38(44)52-33-36(34-53-43-42(48)41(47)40(46)37(55-43)35-56(49,50)51)54-39(45)32-30-28-26-24-22-19-16-14-12-10-8-6-4-2/h5,7,11,13,17-18,36-37,40-43,46-48H,3-4,6,8-10,12,14-16,19-35H2,1-2H3,(H,49,50,51)/b7-5-,13-11-,18-17-/t36-,37+,40+,41-,42+,43-/m0/s1. The number of unbranched alkanes of at least 4 members (excludes halogenated alkanes) is 17. The minimum absolute atomic E-state index is 0.163. The normalized spacial score (nSPS) is 21.0. The third kappa shape index (κ3) is 28.3. The quantitative estimate of drug-likeness (QED) is 0.0208. The molecule has 6 atom stereocenters. The van der Waals surface area contributed by atoms with Crippen LogP contribution < -0.4 is 0 Å². The largest absolute Gasteiger partial charge is 0.462 e. The zero-order valence-electron chi connectivity index (χ0n) is 34.5. The van der Waals surface area contributed by atoms with Crippen molar-refractivity contribution in [2.45, 2.75) is 205 Å². The molecule has 0 unspecified atom stereocenters. The summed E-state index contributed by atoms with van der Waals surface area (Å²) in [7, 11) is -4.60. The highest BCUT2D eigenvalue weighted by atomic mass is 32.2. The Morgan fingerprint density at radius 2 is 1.12 bits per heavy atom. The van der Waals surface area contributed by atoms with Crippen LogP contribution >= 0.6 is 0 Å². The summed E-state index contributed by atoms with van der Waals surface area (Å²) in [5.74, 6) is -2.00. The fourth-order valence-electron chi connectivity index (χ4n) is 6.40. The van der Waals surface area contributed by atoms with Crippen molar-refractivity contribution in [3.05, 3.63) is 36.5 Å². The molecule has 0 amide bonds. The molecule has 0 spiro atoms. The van der Waals surface area contributed by atoms with E-state index in [2.05, 4.69) is 50.3 Å². The van der Waals surface area contributed by atoms with Crippen molar-refractivity contribution < 1.29 is 56.8 Å². The number of esters is 2. The van der Waals surface area contributed by atoms with Crippen molar-refractivity contribution >= 4 is 22.1 Å². The Hall–Kier alpha value is -2.13. The highest BCUT2D eigenvalue weighted by Crippen LogP contribution is 2.24. The van der Waals surface area contributed by atoms with E-state index in [1.54, 1.807) is 0 Å². The van der Waals surface area contributed by atoms with Gasteiger partial charge in [-0.1, -0.05) is 147 Å². The lowest BCUT2D eigenvalue weighted by atomic mass is 10.00. The van der Waals surface area contributed by atoms with Crippen molar-refractivity contribution in [1.29, 1.82) is 0 Å². The smallest absolute Gasteiger partial charge is 0.306 e. The molecular weight excluding hydrogens is 741 g/mol. The topological polar surface area (TPSA) is 186 Å². The van der Waals surface area contributed by atoms with Gasteiger partial charge in [-0.2, -0.15) is 8.42 Å². The molecule has 1 heterocycles. The Bertz CT molecular complexity index is 1190. The average molecular weight is 817 g/mol. The summed E-state index contributed by atoms with van der Waals surface area (Å²) in [5, 5.41) is 30.8. The van der Waals surface area contributed by atoms with E-state index < -0.39 is 71.2 Å². The number of hydrogen-bond donors (Lipinski definition) is 4. The molecule has 326 valence electrons. The second kappa shape index (κ2) is 33.8. The molecule has 0 aromatic carbocycles. The minimum atomic E-state index is -4.60. The van der Waals surface area contributed by atoms with Crippen molar-refractivity contribution in [2.75, 3.05) is 19.0 Å². The Labute approximate surface area is 338 Å². The van der Waals surface area contributed by atoms with E-state index in [9.17, 15) is 37.9 Å². The Morgan fingerprint density at radius 3 is 1.68 bits per heavy atom. The number of rotatable bonds is 35. The van der Waals surface area contributed by atoms with Crippen LogP contribution in [-0.4, -0.2) is 96.0 Å². The molecule has 0 aliphatic carbocycles. The first-order chi connectivity index (χ1) is 27.0. The fourth-order valence-corrected chi connectivity index (χ4v) is 7.09. The van der Waals surface area contributed by atoms with Gasteiger partial charge in [-0.3, -0.25) is 14.1 Å². The summed E-state index contributed by atoms with van der Waals surface area (Å²) < 4.78 is 54.0. The summed E-state index contributed by atoms with van der Waals surface area (Å²) in [4.78, 5) is 25.3. The maximum atomic E-state index is 12.8. The number of carbonyl (C=O) groups is 2. The molecule has 0 bridgehead atoms. The first-order valence-electron chi connectivity index (χ1n) is 21.5. The van der Waals surface area contributed by atoms with Gasteiger partial charge in [0.1, 0.15) is 36.8 Å². The zero-order chi connectivity index (χ0) is 41.3. The van der Waals surface area contributed by atoms with Crippen LogP contribution in [-0.2, 0) is 38.7 Å². The van der Waals surface area contributed by atoms with Gasteiger partial charge in [0.2, 0.25) is 0 Å². The molecule has 12 nitrogen and oxygen atoms in total. The van der Waals surface area contributed by atoms with Crippen molar-refractivity contribution in [2.24, 2.45) is 0 Å². The van der Waals surface area contributed by atoms with Gasteiger partial charge in [-0.05, 0) is 44.9 Å². The second-order valence-electron chi connectivity index (χ2n) is 15.0. The summed E-state index contributed by atoms with van der Waals surface area (Å²) in [6.45, 7) is 3.62. The molecule has 1 aliphatic heterocycles. The molecule has 1 aliphatic rings. The monoisotopic (exact) mass is 817 g/mol. The van der Waals surface area contributed by atoms with Gasteiger partial charge in [0.15, 0.2) is 12.4 Å². The number of aliphatic hydroxyl groups excluding tert-OH is 3. The third-order valence-corrected chi connectivity index (χ3v) is 10.5. The van der Waals surface area contributed by atoms with Gasteiger partial charge in [-0.15, -0.1) is 0 Å². The molecule has 1 saturated heterocycles. The van der Waals surface area contributed by atoms with Gasteiger partial charge < -0.3 is 34.3 Å². The molecule has 56 heavy (non-hydrogen) atoms. The van der Waals surface area contributed by atoms with Gasteiger partial charge in [0, 0.05) is 12.8 Å². The lowest BCUT2D eigenvalue weighted by Gasteiger charge is -2.40. The SMILES string of the molecule is CC/C=C\C/C=C\C/C=C\CCCCCCCC(=O)OC[C@@H](CO[C@H]1O[C@H](CS(=O)(=O)O)[C@@H](O)[C@H](O)[C@H]1O)OC(=O)CCCCCCCCCCCCCCC. The Morgan fingerprint density at radius 1 is 0.625 bits per heavy atom. The summed E-state index contributed by atoms with van der Waals surface area (Å²) >= 11 is 0. The van der Waals surface area contributed by atoms with Crippen LogP contribution in [0, 0.1) is 0 Å². The molecule has 13 heteroatoms. The van der Waals surface area contributed by atoms with Gasteiger partial charge in [0.25, 0.3) is 10.1 Å². The molecule has 0 aromatic rings. The zero-order valence-corrected chi connectivity index (χ0v) is 35.3. The van der Waals surface area contributed by atoms with Crippen LogP contribution in [0.2, 0.25) is 0 Å². The Kier molecular flexibility index (Phi) is 31.3. The first-order valence-corrected chi connectivity index (χ1v) is 23.2. The van der Waals surface area contributed by atoms with E-state index in [0.717, 1.165) is 70.6 Å². The summed E-state index contributed by atoms with van der Waals surface area (Å²) in [5.41, 5.74) is 0. The number of allylic oxidation sites excluding steroid dienone is 6. The van der Waals surface area contributed by atoms with Crippen LogP contribution in [0.4, 0.5) is 0 Å². The van der Waals surface area contributed by atoms with Crippen LogP contribution in [0.25, 0.3) is 0 Å². The lowest BCUT2D eigenvalue weighted by Crippen LogP contribution is -2.60. The van der Waals surface area contributed by atoms with Gasteiger partial charge in [0.05, 0.1) is 6.61 Å². The molecule has 0 radical (unpaired) electrons. The maximum Gasteiger partial charge on any atom is 0.306 e. The highest BCUT2D eigenvalue weighted by Gasteiger charge is 2.46. The van der Waals surface area contributed by atoms with Crippen LogP contribution in [0.1, 0.15) is 168 Å². The molecule has 4 N–H and O–H groups in total. The fraction of sp³-hybridized carbons (Fsp3) is 0.814. The van der Waals surface area contributed by atoms with E-state index in [-0.39, 0.29) is 19.4 Å². The lowest BCUT2D eigenvalue weighted by molar-refractivity contribution is -0.297. The van der Waals surface area contributed by atoms with Crippen LogP contribution in [0.15, 0.2) is 36.5 Å². The van der Waals surface area contributed by atoms with Crippen LogP contribution in [0.3, 0.4) is 0 Å². The summed E-state index contributed by atoms with van der Waals surface area (Å²) in [6.07, 6.45) is 27.6. The predicted molar refractivity (Wildman–Crippen MR) is 219 cm³/mol. The van der Waals surface area contributed by atoms with Crippen LogP contribution in [0.5, 0.6) is 0 Å². The minimum Gasteiger partial charge on any atom is -0.462 e. The van der Waals surface area contributed by atoms with E-state index in [1.165, 1.54) is 57.8 Å². The summed E-state index contributed by atoms with van der Waals surface area (Å²) in [6, 6.07) is 0. The third-order valence-electron chi connectivity index (χ3n) is 9.73. The average Bonchev–Trinajstić information content (AvgIpc) is 3.16. The van der Waals surface area contributed by atoms with E-state index in [1.807, 2.05) is 0 Å². The first kappa shape index (κ1) is 51.9. The van der Waals surface area contributed by atoms with Gasteiger partial charge >= 0.3 is 11.9 Å². The number of carbonyl (C=O) groups excluding carboxylic acids is 2. The maximum absolute atomic E-state index is 12.8. The number of aliphatic hydroxyl groups is 3. The molecule has 1 rings (SSSR count).